The molecule has 3 rings (SSSR count). The van der Waals surface area contributed by atoms with E-state index in [0.29, 0.717) is 6.42 Å². The second-order valence-corrected chi connectivity index (χ2v) is 8.60. The summed E-state index contributed by atoms with van der Waals surface area (Å²) >= 11 is 0. The molecule has 1 aliphatic carbocycles. The first-order valence-electron chi connectivity index (χ1n) is 8.19. The molecule has 1 N–H and O–H groups in total. The van der Waals surface area contributed by atoms with Gasteiger partial charge in [0.05, 0.1) is 0 Å². The van der Waals surface area contributed by atoms with E-state index in [9.17, 15) is 27.9 Å². The van der Waals surface area contributed by atoms with Crippen molar-refractivity contribution in [2.45, 2.75) is 49.1 Å². The van der Waals surface area contributed by atoms with Crippen molar-refractivity contribution in [1.82, 2.24) is 13.4 Å². The van der Waals surface area contributed by atoms with Crippen LogP contribution in [0.4, 0.5) is 0 Å². The van der Waals surface area contributed by atoms with Crippen LogP contribution in [0.25, 0.3) is 0 Å². The standard InChI is InChI=1S/C15H21N3O6S/c1-16-8-12(13(19)17(2)15(16)22)25(23,24)18-10-6-4-3-5-9(10)7-11(18)14(20)21/h8-11H,3-7H2,1-2H3,(H,20,21). The lowest BCUT2D eigenvalue weighted by atomic mass is 9.85. The number of fused-ring (bicyclic) bond motifs is 1. The Kier molecular flexibility index (Phi) is 4.36. The molecule has 0 bridgehead atoms. The number of sulfonamides is 1. The Hall–Kier alpha value is -1.94. The minimum Gasteiger partial charge on any atom is -0.480 e. The normalized spacial score (nSPS) is 27.2. The minimum atomic E-state index is -4.34. The molecule has 1 aromatic rings. The molecule has 1 aliphatic heterocycles. The Morgan fingerprint density at radius 3 is 2.48 bits per heavy atom. The fourth-order valence-corrected chi connectivity index (χ4v) is 6.06. The summed E-state index contributed by atoms with van der Waals surface area (Å²) in [5, 5.41) is 9.52. The molecular formula is C15H21N3O6S. The van der Waals surface area contributed by atoms with Crippen LogP contribution in [0.15, 0.2) is 20.7 Å². The molecule has 10 heteroatoms. The molecule has 2 fully saturated rings. The first-order valence-corrected chi connectivity index (χ1v) is 9.63. The zero-order chi connectivity index (χ0) is 18.5. The van der Waals surface area contributed by atoms with E-state index >= 15 is 0 Å². The van der Waals surface area contributed by atoms with Crippen LogP contribution >= 0.6 is 0 Å². The molecule has 0 radical (unpaired) electrons. The number of aliphatic carboxylic acids is 1. The van der Waals surface area contributed by atoms with Crippen LogP contribution in [0.3, 0.4) is 0 Å². The van der Waals surface area contributed by atoms with Gasteiger partial charge in [0.25, 0.3) is 15.6 Å². The molecule has 1 saturated carbocycles. The lowest BCUT2D eigenvalue weighted by molar-refractivity contribution is -0.141. The SMILES string of the molecule is Cn1cc(S(=O)(=O)N2C(C(=O)O)CC3CCCCC32)c(=O)n(C)c1=O. The van der Waals surface area contributed by atoms with E-state index in [1.165, 1.54) is 14.1 Å². The van der Waals surface area contributed by atoms with E-state index in [-0.39, 0.29) is 12.3 Å². The third-order valence-electron chi connectivity index (χ3n) is 5.28. The lowest BCUT2D eigenvalue weighted by Crippen LogP contribution is -2.49. The van der Waals surface area contributed by atoms with Gasteiger partial charge in [0.1, 0.15) is 6.04 Å². The van der Waals surface area contributed by atoms with E-state index in [4.69, 9.17) is 0 Å². The molecule has 3 atom stereocenters. The van der Waals surface area contributed by atoms with Crippen LogP contribution in [0, 0.1) is 5.92 Å². The fraction of sp³-hybridized carbons (Fsp3) is 0.667. The van der Waals surface area contributed by atoms with Crippen LogP contribution < -0.4 is 11.2 Å². The Bertz CT molecular complexity index is 932. The third-order valence-corrected chi connectivity index (χ3v) is 7.20. The number of aryl methyl sites for hydroxylation is 1. The van der Waals surface area contributed by atoms with Crippen molar-refractivity contribution in [3.63, 3.8) is 0 Å². The molecule has 0 spiro atoms. The summed E-state index contributed by atoms with van der Waals surface area (Å²) < 4.78 is 29.1. The zero-order valence-corrected chi connectivity index (χ0v) is 14.9. The maximum atomic E-state index is 13.2. The third kappa shape index (κ3) is 2.73. The molecule has 2 aliphatic rings. The van der Waals surface area contributed by atoms with Crippen LogP contribution in [-0.2, 0) is 28.9 Å². The van der Waals surface area contributed by atoms with Gasteiger partial charge in [-0.2, -0.15) is 4.31 Å². The van der Waals surface area contributed by atoms with E-state index < -0.39 is 44.2 Å². The van der Waals surface area contributed by atoms with Crippen LogP contribution in [0.5, 0.6) is 0 Å². The minimum absolute atomic E-state index is 0.0130. The first-order chi connectivity index (χ1) is 11.7. The highest BCUT2D eigenvalue weighted by molar-refractivity contribution is 7.89. The van der Waals surface area contributed by atoms with Gasteiger partial charge in [0, 0.05) is 26.3 Å². The first kappa shape index (κ1) is 17.9. The van der Waals surface area contributed by atoms with E-state index in [0.717, 1.165) is 38.9 Å². The Morgan fingerprint density at radius 2 is 1.84 bits per heavy atom. The van der Waals surface area contributed by atoms with Gasteiger partial charge in [0.2, 0.25) is 0 Å². The molecule has 9 nitrogen and oxygen atoms in total. The van der Waals surface area contributed by atoms with Gasteiger partial charge in [-0.05, 0) is 25.2 Å². The number of hydrogen-bond acceptors (Lipinski definition) is 5. The van der Waals surface area contributed by atoms with Crippen molar-refractivity contribution in [2.24, 2.45) is 20.0 Å². The lowest BCUT2D eigenvalue weighted by Gasteiger charge is -2.31. The topological polar surface area (TPSA) is 119 Å². The van der Waals surface area contributed by atoms with Gasteiger partial charge in [0.15, 0.2) is 4.90 Å². The number of hydrogen-bond donors (Lipinski definition) is 1. The number of carboxylic acids is 1. The molecular weight excluding hydrogens is 350 g/mol. The van der Waals surface area contributed by atoms with Gasteiger partial charge in [-0.15, -0.1) is 0 Å². The second kappa shape index (κ2) is 6.10. The summed E-state index contributed by atoms with van der Waals surface area (Å²) in [4.78, 5) is 35.3. The van der Waals surface area contributed by atoms with Crippen molar-refractivity contribution in [1.29, 1.82) is 0 Å². The number of aromatic nitrogens is 2. The van der Waals surface area contributed by atoms with E-state index in [1.54, 1.807) is 0 Å². The van der Waals surface area contributed by atoms with Gasteiger partial charge >= 0.3 is 11.7 Å². The number of nitrogens with zero attached hydrogens (tertiary/aromatic N) is 3. The largest absolute Gasteiger partial charge is 0.480 e. The highest BCUT2D eigenvalue weighted by atomic mass is 32.2. The van der Waals surface area contributed by atoms with Gasteiger partial charge in [-0.25, -0.2) is 13.2 Å². The molecule has 2 heterocycles. The molecule has 1 saturated heterocycles. The summed E-state index contributed by atoms with van der Waals surface area (Å²) in [7, 11) is -1.79. The molecule has 25 heavy (non-hydrogen) atoms. The molecule has 0 aromatic carbocycles. The monoisotopic (exact) mass is 371 g/mol. The Morgan fingerprint density at radius 1 is 1.20 bits per heavy atom. The fourth-order valence-electron chi connectivity index (χ4n) is 4.04. The van der Waals surface area contributed by atoms with Crippen LogP contribution in [-0.4, -0.2) is 45.0 Å². The summed E-state index contributed by atoms with van der Waals surface area (Å²) in [6, 6.07) is -1.60. The highest BCUT2D eigenvalue weighted by Crippen LogP contribution is 2.42. The second-order valence-electron chi connectivity index (χ2n) is 6.79. The van der Waals surface area contributed by atoms with Crippen molar-refractivity contribution >= 4 is 16.0 Å². The quantitative estimate of drug-likeness (QED) is 0.764. The molecule has 3 unspecified atom stereocenters. The molecule has 1 aromatic heterocycles. The van der Waals surface area contributed by atoms with Crippen LogP contribution in [0.1, 0.15) is 32.1 Å². The number of carbonyl (C=O) groups is 1. The molecule has 0 amide bonds. The van der Waals surface area contributed by atoms with Gasteiger partial charge in [-0.1, -0.05) is 12.8 Å². The average molecular weight is 371 g/mol. The Labute approximate surface area is 144 Å². The van der Waals surface area contributed by atoms with Gasteiger partial charge in [-0.3, -0.25) is 14.2 Å². The van der Waals surface area contributed by atoms with Crippen LogP contribution in [0.2, 0.25) is 0 Å². The highest BCUT2D eigenvalue weighted by Gasteiger charge is 2.51. The average Bonchev–Trinajstić information content (AvgIpc) is 2.96. The summed E-state index contributed by atoms with van der Waals surface area (Å²) in [5.74, 6) is -1.22. The van der Waals surface area contributed by atoms with Crippen molar-refractivity contribution in [2.75, 3.05) is 0 Å². The predicted molar refractivity (Wildman–Crippen MR) is 87.7 cm³/mol. The van der Waals surface area contributed by atoms with E-state index in [1.807, 2.05) is 0 Å². The maximum Gasteiger partial charge on any atom is 0.330 e. The van der Waals surface area contributed by atoms with Gasteiger partial charge < -0.3 is 9.67 Å². The van der Waals surface area contributed by atoms with Crippen molar-refractivity contribution in [3.8, 4) is 0 Å². The summed E-state index contributed by atoms with van der Waals surface area (Å²) in [5.41, 5.74) is -1.58. The summed E-state index contributed by atoms with van der Waals surface area (Å²) in [6.07, 6.45) is 4.37. The summed E-state index contributed by atoms with van der Waals surface area (Å²) in [6.45, 7) is 0. The maximum absolute atomic E-state index is 13.2. The number of carboxylic acid groups (broad SMARTS) is 1. The van der Waals surface area contributed by atoms with Crippen molar-refractivity contribution < 1.29 is 18.3 Å². The molecule has 138 valence electrons. The van der Waals surface area contributed by atoms with E-state index in [2.05, 4.69) is 0 Å². The Balaban J connectivity index is 2.17. The number of rotatable bonds is 3. The zero-order valence-electron chi connectivity index (χ0n) is 14.1. The smallest absolute Gasteiger partial charge is 0.330 e. The van der Waals surface area contributed by atoms with Crippen molar-refractivity contribution in [3.05, 3.63) is 27.0 Å². The predicted octanol–water partition coefficient (Wildman–Crippen LogP) is -0.510.